The van der Waals surface area contributed by atoms with E-state index >= 15 is 0 Å². The number of rotatable bonds is 3. The molecule has 1 aromatic carbocycles. The summed E-state index contributed by atoms with van der Waals surface area (Å²) in [4.78, 5) is 14.7. The molecule has 2 N–H and O–H groups in total. The largest absolute Gasteiger partial charge is 0.369 e. The molecular weight excluding hydrogens is 200 g/mol. The number of hydrogen-bond acceptors (Lipinski definition) is 2. The number of carbonyl (C=O) groups is 1. The standard InChI is InChI=1S/C13H12N2O/c14-13(16)9-10-1-3-11(4-2-10)12-5-7-15-8-6-12/h1-8H,9H2,(H2,14,16). The van der Waals surface area contributed by atoms with Crippen LogP contribution in [0, 0.1) is 0 Å². The van der Waals surface area contributed by atoms with Gasteiger partial charge in [-0.3, -0.25) is 9.78 Å². The van der Waals surface area contributed by atoms with Crippen LogP contribution < -0.4 is 5.73 Å². The maximum absolute atomic E-state index is 10.7. The van der Waals surface area contributed by atoms with Crippen LogP contribution >= 0.6 is 0 Å². The van der Waals surface area contributed by atoms with Gasteiger partial charge >= 0.3 is 0 Å². The van der Waals surface area contributed by atoms with Gasteiger partial charge < -0.3 is 5.73 Å². The highest BCUT2D eigenvalue weighted by Gasteiger charge is 2.00. The van der Waals surface area contributed by atoms with Crippen molar-refractivity contribution in [2.75, 3.05) is 0 Å². The average molecular weight is 212 g/mol. The summed E-state index contributed by atoms with van der Waals surface area (Å²) in [6.45, 7) is 0. The fourth-order valence-corrected chi connectivity index (χ4v) is 1.56. The van der Waals surface area contributed by atoms with Crippen molar-refractivity contribution in [1.29, 1.82) is 0 Å². The van der Waals surface area contributed by atoms with Crippen LogP contribution in [0.15, 0.2) is 48.8 Å². The van der Waals surface area contributed by atoms with E-state index in [1.165, 1.54) is 0 Å². The van der Waals surface area contributed by atoms with Crippen molar-refractivity contribution in [3.63, 3.8) is 0 Å². The molecule has 0 saturated carbocycles. The van der Waals surface area contributed by atoms with Crippen LogP contribution in [0.2, 0.25) is 0 Å². The van der Waals surface area contributed by atoms with Crippen molar-refractivity contribution in [2.45, 2.75) is 6.42 Å². The van der Waals surface area contributed by atoms with Crippen LogP contribution in [0.3, 0.4) is 0 Å². The second-order valence-corrected chi connectivity index (χ2v) is 3.58. The predicted octanol–water partition coefficient (Wildman–Crippen LogP) is 1.78. The number of aromatic nitrogens is 1. The molecular formula is C13H12N2O. The molecule has 16 heavy (non-hydrogen) atoms. The van der Waals surface area contributed by atoms with Crippen LogP contribution in [-0.4, -0.2) is 10.9 Å². The Morgan fingerprint density at radius 1 is 1.00 bits per heavy atom. The fraction of sp³-hybridized carbons (Fsp3) is 0.0769. The van der Waals surface area contributed by atoms with Gasteiger partial charge in [0, 0.05) is 12.4 Å². The molecule has 1 amide bonds. The average Bonchev–Trinajstić information content (AvgIpc) is 2.30. The summed E-state index contributed by atoms with van der Waals surface area (Å²) in [6, 6.07) is 11.7. The van der Waals surface area contributed by atoms with E-state index in [0.717, 1.165) is 16.7 Å². The molecule has 0 saturated heterocycles. The molecule has 3 nitrogen and oxygen atoms in total. The summed E-state index contributed by atoms with van der Waals surface area (Å²) in [5, 5.41) is 0. The first kappa shape index (κ1) is 10.4. The number of benzene rings is 1. The molecule has 0 bridgehead atoms. The molecule has 2 aromatic rings. The highest BCUT2D eigenvalue weighted by Crippen LogP contribution is 2.18. The Bertz CT molecular complexity index is 477. The first-order valence-electron chi connectivity index (χ1n) is 5.03. The zero-order valence-electron chi connectivity index (χ0n) is 8.76. The third-order valence-electron chi connectivity index (χ3n) is 2.35. The highest BCUT2D eigenvalue weighted by molar-refractivity contribution is 5.77. The van der Waals surface area contributed by atoms with Crippen LogP contribution in [-0.2, 0) is 11.2 Å². The summed E-state index contributed by atoms with van der Waals surface area (Å²) in [5.74, 6) is -0.309. The van der Waals surface area contributed by atoms with Gasteiger partial charge in [-0.25, -0.2) is 0 Å². The van der Waals surface area contributed by atoms with Crippen LogP contribution in [0.4, 0.5) is 0 Å². The molecule has 80 valence electrons. The summed E-state index contributed by atoms with van der Waals surface area (Å²) in [6.07, 6.45) is 3.80. The number of amides is 1. The number of primary amides is 1. The van der Waals surface area contributed by atoms with Crippen LogP contribution in [0.5, 0.6) is 0 Å². The molecule has 2 rings (SSSR count). The van der Waals surface area contributed by atoms with Gasteiger partial charge in [-0.05, 0) is 28.8 Å². The normalized spacial score (nSPS) is 10.0. The van der Waals surface area contributed by atoms with E-state index in [-0.39, 0.29) is 12.3 Å². The van der Waals surface area contributed by atoms with Gasteiger partial charge in [-0.2, -0.15) is 0 Å². The molecule has 0 unspecified atom stereocenters. The Hall–Kier alpha value is -2.16. The molecule has 0 aliphatic carbocycles. The van der Waals surface area contributed by atoms with Gasteiger partial charge in [-0.15, -0.1) is 0 Å². The second-order valence-electron chi connectivity index (χ2n) is 3.58. The monoisotopic (exact) mass is 212 g/mol. The lowest BCUT2D eigenvalue weighted by atomic mass is 10.0. The molecule has 0 atom stereocenters. The Labute approximate surface area is 93.9 Å². The Morgan fingerprint density at radius 2 is 1.56 bits per heavy atom. The van der Waals surface area contributed by atoms with Gasteiger partial charge in [0.15, 0.2) is 0 Å². The quantitative estimate of drug-likeness (QED) is 0.843. The lowest BCUT2D eigenvalue weighted by Gasteiger charge is -2.02. The van der Waals surface area contributed by atoms with E-state index < -0.39 is 0 Å². The number of nitrogens with two attached hydrogens (primary N) is 1. The molecule has 0 radical (unpaired) electrons. The molecule has 1 aromatic heterocycles. The summed E-state index contributed by atoms with van der Waals surface area (Å²) in [7, 11) is 0. The lowest BCUT2D eigenvalue weighted by Crippen LogP contribution is -2.13. The van der Waals surface area contributed by atoms with Crippen LogP contribution in [0.1, 0.15) is 5.56 Å². The minimum absolute atomic E-state index is 0.288. The maximum Gasteiger partial charge on any atom is 0.221 e. The first-order valence-corrected chi connectivity index (χ1v) is 5.03. The van der Waals surface area contributed by atoms with Crippen molar-refractivity contribution in [2.24, 2.45) is 5.73 Å². The molecule has 1 heterocycles. The molecule has 0 fully saturated rings. The molecule has 0 aliphatic heterocycles. The van der Waals surface area contributed by atoms with Crippen molar-refractivity contribution in [3.05, 3.63) is 54.4 Å². The smallest absolute Gasteiger partial charge is 0.221 e. The van der Waals surface area contributed by atoms with E-state index in [2.05, 4.69) is 4.98 Å². The van der Waals surface area contributed by atoms with E-state index in [1.807, 2.05) is 36.4 Å². The zero-order valence-corrected chi connectivity index (χ0v) is 8.76. The SMILES string of the molecule is NC(=O)Cc1ccc(-c2ccncc2)cc1. The van der Waals surface area contributed by atoms with Gasteiger partial charge in [0.05, 0.1) is 6.42 Å². The zero-order chi connectivity index (χ0) is 11.4. The second kappa shape index (κ2) is 4.57. The minimum atomic E-state index is -0.309. The number of carbonyl (C=O) groups excluding carboxylic acids is 1. The first-order chi connectivity index (χ1) is 7.75. The van der Waals surface area contributed by atoms with Gasteiger partial charge in [-0.1, -0.05) is 24.3 Å². The lowest BCUT2D eigenvalue weighted by molar-refractivity contribution is -0.117. The van der Waals surface area contributed by atoms with Crippen molar-refractivity contribution < 1.29 is 4.79 Å². The van der Waals surface area contributed by atoms with Crippen LogP contribution in [0.25, 0.3) is 11.1 Å². The molecule has 3 heteroatoms. The van der Waals surface area contributed by atoms with Gasteiger partial charge in [0.1, 0.15) is 0 Å². The van der Waals surface area contributed by atoms with Crippen molar-refractivity contribution in [3.8, 4) is 11.1 Å². The third-order valence-corrected chi connectivity index (χ3v) is 2.35. The summed E-state index contributed by atoms with van der Waals surface area (Å²) < 4.78 is 0. The van der Waals surface area contributed by atoms with E-state index in [9.17, 15) is 4.79 Å². The Morgan fingerprint density at radius 3 is 2.12 bits per heavy atom. The third kappa shape index (κ3) is 2.45. The summed E-state index contributed by atoms with van der Waals surface area (Å²) in [5.41, 5.74) is 8.28. The number of pyridine rings is 1. The fourth-order valence-electron chi connectivity index (χ4n) is 1.56. The highest BCUT2D eigenvalue weighted by atomic mass is 16.1. The maximum atomic E-state index is 10.7. The van der Waals surface area contributed by atoms with E-state index in [0.29, 0.717) is 0 Å². The van der Waals surface area contributed by atoms with Crippen molar-refractivity contribution >= 4 is 5.91 Å². The van der Waals surface area contributed by atoms with Gasteiger partial charge in [0.25, 0.3) is 0 Å². The number of nitrogens with zero attached hydrogens (tertiary/aromatic N) is 1. The molecule has 0 aliphatic rings. The van der Waals surface area contributed by atoms with E-state index in [1.54, 1.807) is 12.4 Å². The van der Waals surface area contributed by atoms with E-state index in [4.69, 9.17) is 5.73 Å². The predicted molar refractivity (Wildman–Crippen MR) is 62.6 cm³/mol. The molecule has 0 spiro atoms. The Kier molecular flexibility index (Phi) is 2.96. The number of hydrogen-bond donors (Lipinski definition) is 1. The van der Waals surface area contributed by atoms with Crippen molar-refractivity contribution in [1.82, 2.24) is 4.98 Å². The minimum Gasteiger partial charge on any atom is -0.369 e. The van der Waals surface area contributed by atoms with Gasteiger partial charge in [0.2, 0.25) is 5.91 Å². The Balaban J connectivity index is 2.23. The summed E-state index contributed by atoms with van der Waals surface area (Å²) >= 11 is 0. The topological polar surface area (TPSA) is 56.0 Å².